The molecule has 2 aromatic heterocycles. The summed E-state index contributed by atoms with van der Waals surface area (Å²) in [4.78, 5) is 49.2. The molecule has 2 heterocycles. The fraction of sp³-hybridized carbons (Fsp3) is 0.414. The molecule has 0 saturated carbocycles. The lowest BCUT2D eigenvalue weighted by molar-refractivity contribution is -0.145. The Morgan fingerprint density at radius 3 is 2.34 bits per heavy atom. The van der Waals surface area contributed by atoms with Crippen LogP contribution in [-0.2, 0) is 48.2 Å². The van der Waals surface area contributed by atoms with Crippen LogP contribution in [0.5, 0.6) is 0 Å². The van der Waals surface area contributed by atoms with E-state index >= 15 is 0 Å². The molecule has 2 atom stereocenters. The molecule has 0 fully saturated rings. The molecule has 0 aliphatic rings. The Hall–Kier alpha value is -3.64. The van der Waals surface area contributed by atoms with Crippen LogP contribution in [0, 0.1) is 5.92 Å². The van der Waals surface area contributed by atoms with Crippen molar-refractivity contribution in [2.45, 2.75) is 43.9 Å². The van der Waals surface area contributed by atoms with Crippen LogP contribution >= 0.6 is 11.3 Å². The molecule has 0 saturated heterocycles. The lowest BCUT2D eigenvalue weighted by Gasteiger charge is -2.31. The fourth-order valence-corrected chi connectivity index (χ4v) is 6.50. The molecule has 10 nitrogen and oxygen atoms in total. The first-order valence-corrected chi connectivity index (χ1v) is 15.7. The molecular formula is C29H36N4O6S2. The van der Waals surface area contributed by atoms with E-state index in [2.05, 4.69) is 15.3 Å². The number of likely N-dealkylation sites (N-methyl/N-ethyl adjacent to an activating group) is 1. The summed E-state index contributed by atoms with van der Waals surface area (Å²) in [5.41, 5.74) is 3.74. The van der Waals surface area contributed by atoms with Crippen molar-refractivity contribution in [2.24, 2.45) is 5.92 Å². The van der Waals surface area contributed by atoms with E-state index < -0.39 is 50.1 Å². The van der Waals surface area contributed by atoms with Gasteiger partial charge in [0.2, 0.25) is 11.8 Å². The number of pyridine rings is 1. The molecule has 41 heavy (non-hydrogen) atoms. The van der Waals surface area contributed by atoms with Crippen molar-refractivity contribution < 1.29 is 27.5 Å². The number of benzene rings is 1. The normalized spacial score (nSPS) is 13.2. The summed E-state index contributed by atoms with van der Waals surface area (Å²) in [6.45, 7) is 3.00. The third-order valence-corrected chi connectivity index (χ3v) is 10.1. The largest absolute Gasteiger partial charge is 0.467 e. The monoisotopic (exact) mass is 600 g/mol. The number of hydrogen-bond donors (Lipinski definition) is 1. The first-order chi connectivity index (χ1) is 19.4. The number of aromatic nitrogens is 2. The molecule has 0 aliphatic carbocycles. The van der Waals surface area contributed by atoms with E-state index in [0.29, 0.717) is 12.1 Å². The summed E-state index contributed by atoms with van der Waals surface area (Å²) < 4.78 is 30.6. The zero-order chi connectivity index (χ0) is 30.0. The maximum atomic E-state index is 13.8. The van der Waals surface area contributed by atoms with Crippen molar-refractivity contribution in [3.8, 4) is 0 Å². The quantitative estimate of drug-likeness (QED) is 0.279. The summed E-state index contributed by atoms with van der Waals surface area (Å²) in [6.07, 6.45) is 2.31. The molecule has 12 heteroatoms. The predicted octanol–water partition coefficient (Wildman–Crippen LogP) is 2.49. The number of ether oxygens (including phenoxy) is 1. The number of sulfone groups is 1. The van der Waals surface area contributed by atoms with Gasteiger partial charge in [-0.15, -0.1) is 11.3 Å². The SMILES string of the molecule is COC(=O)C(Cc1cscn1)NC(=O)[C@H](Cc1ccccc1)CS(=O)(=O)C(C)(C)C(=O)N(C)CCc1ccccn1. The third-order valence-electron chi connectivity index (χ3n) is 6.88. The van der Waals surface area contributed by atoms with Gasteiger partial charge in [0.15, 0.2) is 9.84 Å². The highest BCUT2D eigenvalue weighted by Gasteiger charge is 2.45. The van der Waals surface area contributed by atoms with Crippen LogP contribution in [-0.4, -0.2) is 78.3 Å². The van der Waals surface area contributed by atoms with Gasteiger partial charge in [-0.05, 0) is 38.0 Å². The molecule has 1 N–H and O–H groups in total. The van der Waals surface area contributed by atoms with Crippen LogP contribution in [0.25, 0.3) is 0 Å². The second-order valence-electron chi connectivity index (χ2n) is 10.2. The minimum atomic E-state index is -4.16. The first-order valence-electron chi connectivity index (χ1n) is 13.1. The van der Waals surface area contributed by atoms with E-state index in [0.717, 1.165) is 11.3 Å². The van der Waals surface area contributed by atoms with Gasteiger partial charge < -0.3 is 15.0 Å². The van der Waals surface area contributed by atoms with Crippen LogP contribution in [0.15, 0.2) is 65.6 Å². The highest BCUT2D eigenvalue weighted by atomic mass is 32.2. The Morgan fingerprint density at radius 2 is 1.73 bits per heavy atom. The number of carbonyl (C=O) groups excluding carboxylic acids is 3. The minimum absolute atomic E-state index is 0.0935. The van der Waals surface area contributed by atoms with Crippen molar-refractivity contribution in [1.29, 1.82) is 0 Å². The zero-order valence-corrected chi connectivity index (χ0v) is 25.3. The van der Waals surface area contributed by atoms with Crippen LogP contribution in [0.1, 0.15) is 30.8 Å². The summed E-state index contributed by atoms with van der Waals surface area (Å²) in [5.74, 6) is -3.54. The average Bonchev–Trinajstić information content (AvgIpc) is 3.48. The number of thiazole rings is 1. The van der Waals surface area contributed by atoms with Gasteiger partial charge in [-0.1, -0.05) is 36.4 Å². The number of esters is 1. The summed E-state index contributed by atoms with van der Waals surface area (Å²) >= 11 is 1.35. The second-order valence-corrected chi connectivity index (χ2v) is 13.5. The summed E-state index contributed by atoms with van der Waals surface area (Å²) in [7, 11) is -1.39. The van der Waals surface area contributed by atoms with Crippen molar-refractivity contribution in [3.63, 3.8) is 0 Å². The summed E-state index contributed by atoms with van der Waals surface area (Å²) in [6, 6.07) is 13.4. The van der Waals surface area contributed by atoms with Gasteiger partial charge in [-0.25, -0.2) is 18.2 Å². The molecule has 0 bridgehead atoms. The molecule has 2 amide bonds. The van der Waals surface area contributed by atoms with Gasteiger partial charge in [0.25, 0.3) is 0 Å². The standard InChI is InChI=1S/C29H36N4O6S2/c1-29(2,28(36)33(3)15-13-23-12-8-9-14-30-23)41(37,38)19-22(16-21-10-6-5-7-11-21)26(34)32-25(27(35)39-4)17-24-18-40-20-31-24/h5-12,14,18,20,22,25H,13,15-17,19H2,1-4H3,(H,32,34)/t22-,25?/m1/s1. The van der Waals surface area contributed by atoms with E-state index in [1.54, 1.807) is 54.5 Å². The molecule has 3 rings (SSSR count). The fourth-order valence-electron chi connectivity index (χ4n) is 4.29. The zero-order valence-electron chi connectivity index (χ0n) is 23.6. The number of hydrogen-bond acceptors (Lipinski definition) is 9. The van der Waals surface area contributed by atoms with Gasteiger partial charge in [-0.2, -0.15) is 0 Å². The van der Waals surface area contributed by atoms with Crippen molar-refractivity contribution in [1.82, 2.24) is 20.2 Å². The van der Waals surface area contributed by atoms with Gasteiger partial charge in [0, 0.05) is 43.7 Å². The molecule has 0 aliphatic heterocycles. The second kappa shape index (κ2) is 14.3. The minimum Gasteiger partial charge on any atom is -0.467 e. The van der Waals surface area contributed by atoms with E-state index in [1.165, 1.54) is 37.2 Å². The van der Waals surface area contributed by atoms with Crippen LogP contribution in [0.2, 0.25) is 0 Å². The van der Waals surface area contributed by atoms with Gasteiger partial charge in [0.1, 0.15) is 10.8 Å². The number of carbonyl (C=O) groups is 3. The summed E-state index contributed by atoms with van der Waals surface area (Å²) in [5, 5.41) is 4.43. The Morgan fingerprint density at radius 1 is 1.02 bits per heavy atom. The highest BCUT2D eigenvalue weighted by Crippen LogP contribution is 2.25. The van der Waals surface area contributed by atoms with Crippen LogP contribution in [0.3, 0.4) is 0 Å². The average molecular weight is 601 g/mol. The Balaban J connectivity index is 1.80. The van der Waals surface area contributed by atoms with Crippen LogP contribution < -0.4 is 5.32 Å². The lowest BCUT2D eigenvalue weighted by atomic mass is 9.99. The van der Waals surface area contributed by atoms with Gasteiger partial charge in [0.05, 0.1) is 30.0 Å². The van der Waals surface area contributed by atoms with Crippen molar-refractivity contribution >= 4 is 39.0 Å². The number of amides is 2. The first kappa shape index (κ1) is 31.9. The van der Waals surface area contributed by atoms with Crippen molar-refractivity contribution in [2.75, 3.05) is 26.5 Å². The molecule has 0 radical (unpaired) electrons. The Labute approximate surface area is 245 Å². The van der Waals surface area contributed by atoms with Crippen LogP contribution in [0.4, 0.5) is 0 Å². The number of rotatable bonds is 14. The number of nitrogens with zero attached hydrogens (tertiary/aromatic N) is 3. The topological polar surface area (TPSA) is 136 Å². The maximum absolute atomic E-state index is 13.8. The molecule has 3 aromatic rings. The molecular weight excluding hydrogens is 564 g/mol. The third kappa shape index (κ3) is 8.67. The molecule has 1 unspecified atom stereocenters. The molecule has 0 spiro atoms. The Bertz CT molecular complexity index is 1400. The number of nitrogens with one attached hydrogen (secondary N) is 1. The highest BCUT2D eigenvalue weighted by molar-refractivity contribution is 7.93. The maximum Gasteiger partial charge on any atom is 0.328 e. The Kier molecular flexibility index (Phi) is 11.1. The van der Waals surface area contributed by atoms with Crippen molar-refractivity contribution in [3.05, 3.63) is 82.6 Å². The predicted molar refractivity (Wildman–Crippen MR) is 157 cm³/mol. The molecule has 220 valence electrons. The number of methoxy groups -OCH3 is 1. The smallest absolute Gasteiger partial charge is 0.328 e. The lowest BCUT2D eigenvalue weighted by Crippen LogP contribution is -2.52. The van der Waals surface area contributed by atoms with E-state index in [-0.39, 0.29) is 19.4 Å². The van der Waals surface area contributed by atoms with E-state index in [9.17, 15) is 22.8 Å². The molecule has 1 aromatic carbocycles. The van der Waals surface area contributed by atoms with Gasteiger partial charge >= 0.3 is 5.97 Å². The van der Waals surface area contributed by atoms with Gasteiger partial charge in [-0.3, -0.25) is 14.6 Å². The van der Waals surface area contributed by atoms with E-state index in [1.807, 2.05) is 18.2 Å². The van der Waals surface area contributed by atoms with E-state index in [4.69, 9.17) is 4.74 Å².